The molecule has 5 nitrogen and oxygen atoms in total. The van der Waals surface area contributed by atoms with Crippen molar-refractivity contribution >= 4 is 21.4 Å². The maximum atomic E-state index is 13.0. The number of nitrogens with zero attached hydrogens (tertiary/aromatic N) is 2. The van der Waals surface area contributed by atoms with E-state index >= 15 is 0 Å². The molecule has 2 aromatic rings. The molecule has 0 aliphatic carbocycles. The predicted molar refractivity (Wildman–Crippen MR) is 82.9 cm³/mol. The van der Waals surface area contributed by atoms with Crippen molar-refractivity contribution in [1.82, 2.24) is 14.3 Å². The Hall–Kier alpha value is -1.18. The maximum Gasteiger partial charge on any atom is 0.244 e. The van der Waals surface area contributed by atoms with Crippen molar-refractivity contribution in [3.8, 4) is 0 Å². The van der Waals surface area contributed by atoms with Gasteiger partial charge >= 0.3 is 0 Å². The molecule has 1 N–H and O–H groups in total. The van der Waals surface area contributed by atoms with Crippen molar-refractivity contribution in [3.05, 3.63) is 34.0 Å². The number of piperidine rings is 1. The molecule has 21 heavy (non-hydrogen) atoms. The summed E-state index contributed by atoms with van der Waals surface area (Å²) in [7, 11) is -3.46. The van der Waals surface area contributed by atoms with Crippen molar-refractivity contribution in [3.63, 3.8) is 0 Å². The highest BCUT2D eigenvalue weighted by Crippen LogP contribution is 2.36. The third kappa shape index (κ3) is 2.65. The van der Waals surface area contributed by atoms with E-state index in [1.54, 1.807) is 22.8 Å². The molecule has 3 rings (SSSR count). The molecule has 1 fully saturated rings. The summed E-state index contributed by atoms with van der Waals surface area (Å²) < 4.78 is 27.7. The van der Waals surface area contributed by atoms with E-state index in [0.717, 1.165) is 34.8 Å². The summed E-state index contributed by atoms with van der Waals surface area (Å²) in [4.78, 5) is 9.66. The summed E-state index contributed by atoms with van der Waals surface area (Å²) in [5.74, 6) is 0.739. The average molecular weight is 325 g/mol. The minimum Gasteiger partial charge on any atom is -0.347 e. The molecule has 1 atom stereocenters. The zero-order valence-corrected chi connectivity index (χ0v) is 13.8. The second kappa shape index (κ2) is 5.55. The first-order valence-electron chi connectivity index (χ1n) is 7.08. The Morgan fingerprint density at radius 2 is 2.19 bits per heavy atom. The molecule has 0 radical (unpaired) electrons. The molecule has 7 heteroatoms. The number of aromatic nitrogens is 2. The minimum atomic E-state index is -3.46. The number of hydrogen-bond acceptors (Lipinski definition) is 4. The molecule has 0 saturated carbocycles. The van der Waals surface area contributed by atoms with Crippen molar-refractivity contribution < 1.29 is 8.42 Å². The molecule has 0 spiro atoms. The first-order valence-corrected chi connectivity index (χ1v) is 9.34. The molecule has 3 heterocycles. The highest BCUT2D eigenvalue weighted by Gasteiger charge is 2.36. The van der Waals surface area contributed by atoms with Gasteiger partial charge in [-0.1, -0.05) is 6.42 Å². The fourth-order valence-corrected chi connectivity index (χ4v) is 6.10. The van der Waals surface area contributed by atoms with Crippen LogP contribution in [0.2, 0.25) is 0 Å². The summed E-state index contributed by atoms with van der Waals surface area (Å²) >= 11 is 1.53. The molecule has 0 unspecified atom stereocenters. The largest absolute Gasteiger partial charge is 0.347 e. The molecule has 2 aromatic heterocycles. The van der Waals surface area contributed by atoms with Crippen molar-refractivity contribution in [2.24, 2.45) is 0 Å². The van der Waals surface area contributed by atoms with Gasteiger partial charge in [0.2, 0.25) is 10.0 Å². The predicted octanol–water partition coefficient (Wildman–Crippen LogP) is 3.00. The van der Waals surface area contributed by atoms with E-state index in [4.69, 9.17) is 0 Å². The normalized spacial score (nSPS) is 20.8. The number of aromatic amines is 1. The third-order valence-electron chi connectivity index (χ3n) is 3.87. The molecule has 0 amide bonds. The number of imidazole rings is 1. The zero-order valence-electron chi connectivity index (χ0n) is 12.2. The van der Waals surface area contributed by atoms with Crippen LogP contribution in [-0.4, -0.2) is 29.2 Å². The topological polar surface area (TPSA) is 66.1 Å². The van der Waals surface area contributed by atoms with Gasteiger partial charge in [0.1, 0.15) is 5.82 Å². The van der Waals surface area contributed by atoms with Crippen LogP contribution >= 0.6 is 11.3 Å². The van der Waals surface area contributed by atoms with Gasteiger partial charge in [-0.05, 0) is 32.8 Å². The average Bonchev–Trinajstić information content (AvgIpc) is 3.08. The summed E-state index contributed by atoms with van der Waals surface area (Å²) in [5.41, 5.74) is 0. The van der Waals surface area contributed by atoms with E-state index in [2.05, 4.69) is 9.97 Å². The Morgan fingerprint density at radius 3 is 2.81 bits per heavy atom. The first kappa shape index (κ1) is 14.7. The van der Waals surface area contributed by atoms with E-state index < -0.39 is 10.0 Å². The van der Waals surface area contributed by atoms with Crippen molar-refractivity contribution in [2.75, 3.05) is 6.54 Å². The van der Waals surface area contributed by atoms with Crippen molar-refractivity contribution in [1.29, 1.82) is 0 Å². The zero-order chi connectivity index (χ0) is 15.0. The number of H-pyrrole nitrogens is 1. The van der Waals surface area contributed by atoms with Gasteiger partial charge in [-0.2, -0.15) is 4.31 Å². The van der Waals surface area contributed by atoms with Crippen molar-refractivity contribution in [2.45, 2.75) is 44.0 Å². The minimum absolute atomic E-state index is 0.182. The molecular weight excluding hydrogens is 306 g/mol. The lowest BCUT2D eigenvalue weighted by Gasteiger charge is -2.33. The molecule has 0 bridgehead atoms. The summed E-state index contributed by atoms with van der Waals surface area (Å²) in [6, 6.07) is 1.60. The second-order valence-electron chi connectivity index (χ2n) is 5.38. The number of hydrogen-bond donors (Lipinski definition) is 1. The van der Waals surface area contributed by atoms with E-state index in [-0.39, 0.29) is 6.04 Å². The Morgan fingerprint density at radius 1 is 1.38 bits per heavy atom. The first-order chi connectivity index (χ1) is 10.00. The number of rotatable bonds is 3. The lowest BCUT2D eigenvalue weighted by atomic mass is 10.0. The fourth-order valence-electron chi connectivity index (χ4n) is 2.92. The molecule has 0 aromatic carbocycles. The Kier molecular flexibility index (Phi) is 3.90. The molecule has 1 aliphatic heterocycles. The summed E-state index contributed by atoms with van der Waals surface area (Å²) in [6.07, 6.45) is 6.16. The van der Waals surface area contributed by atoms with Gasteiger partial charge < -0.3 is 4.98 Å². The second-order valence-corrected chi connectivity index (χ2v) is 8.70. The number of sulfonamides is 1. The number of thiophene rings is 1. The van der Waals surface area contributed by atoms with Gasteiger partial charge in [-0.25, -0.2) is 13.4 Å². The van der Waals surface area contributed by atoms with Crippen LogP contribution in [0, 0.1) is 13.8 Å². The van der Waals surface area contributed by atoms with Crippen LogP contribution < -0.4 is 0 Å². The van der Waals surface area contributed by atoms with Gasteiger partial charge in [-0.3, -0.25) is 0 Å². The summed E-state index contributed by atoms with van der Waals surface area (Å²) in [6.45, 7) is 4.37. The monoisotopic (exact) mass is 325 g/mol. The SMILES string of the molecule is Cc1cc(S(=O)(=O)N2CCCC[C@@H]2c2ncc[nH]2)c(C)s1. The van der Waals surface area contributed by atoms with Gasteiger partial charge in [0.25, 0.3) is 0 Å². The van der Waals surface area contributed by atoms with Crippen LogP contribution in [0.5, 0.6) is 0 Å². The van der Waals surface area contributed by atoms with Gasteiger partial charge in [0, 0.05) is 28.7 Å². The van der Waals surface area contributed by atoms with Crippen LogP contribution in [0.1, 0.15) is 40.9 Å². The van der Waals surface area contributed by atoms with E-state index in [0.29, 0.717) is 11.4 Å². The summed E-state index contributed by atoms with van der Waals surface area (Å²) in [5, 5.41) is 0. The molecule has 1 aliphatic rings. The maximum absolute atomic E-state index is 13.0. The fraction of sp³-hybridized carbons (Fsp3) is 0.500. The quantitative estimate of drug-likeness (QED) is 0.943. The smallest absolute Gasteiger partial charge is 0.244 e. The molecular formula is C14H19N3O2S2. The number of aryl methyl sites for hydroxylation is 2. The lowest BCUT2D eigenvalue weighted by molar-refractivity contribution is 0.247. The Balaban J connectivity index is 2.01. The highest BCUT2D eigenvalue weighted by atomic mass is 32.2. The Labute approximate surface area is 129 Å². The van der Waals surface area contributed by atoms with Crippen LogP contribution in [-0.2, 0) is 10.0 Å². The molecule has 1 saturated heterocycles. The van der Waals surface area contributed by atoms with Crippen LogP contribution in [0.3, 0.4) is 0 Å². The van der Waals surface area contributed by atoms with Gasteiger partial charge in [0.15, 0.2) is 0 Å². The van der Waals surface area contributed by atoms with E-state index in [1.165, 1.54) is 11.3 Å². The highest BCUT2D eigenvalue weighted by molar-refractivity contribution is 7.89. The Bertz CT molecular complexity index is 719. The lowest BCUT2D eigenvalue weighted by Crippen LogP contribution is -2.39. The molecule has 114 valence electrons. The van der Waals surface area contributed by atoms with Gasteiger partial charge in [0.05, 0.1) is 10.9 Å². The van der Waals surface area contributed by atoms with E-state index in [9.17, 15) is 8.42 Å². The van der Waals surface area contributed by atoms with Crippen LogP contribution in [0.4, 0.5) is 0 Å². The number of nitrogens with one attached hydrogen (secondary N) is 1. The van der Waals surface area contributed by atoms with E-state index in [1.807, 2.05) is 13.8 Å². The third-order valence-corrected chi connectivity index (χ3v) is 7.00. The van der Waals surface area contributed by atoms with Gasteiger partial charge in [-0.15, -0.1) is 11.3 Å². The van der Waals surface area contributed by atoms with Crippen LogP contribution in [0.25, 0.3) is 0 Å². The standard InChI is InChI=1S/C14H19N3O2S2/c1-10-9-13(11(2)20-10)21(18,19)17-8-4-3-5-12(17)14-15-6-7-16-14/h6-7,9,12H,3-5,8H2,1-2H3,(H,15,16)/t12-/m1/s1. The van der Waals surface area contributed by atoms with Crippen LogP contribution in [0.15, 0.2) is 23.4 Å².